The van der Waals surface area contributed by atoms with Crippen LogP contribution in [0.15, 0.2) is 33.6 Å². The van der Waals surface area contributed by atoms with E-state index in [9.17, 15) is 8.42 Å². The third kappa shape index (κ3) is 4.15. The summed E-state index contributed by atoms with van der Waals surface area (Å²) >= 11 is 0. The van der Waals surface area contributed by atoms with Crippen LogP contribution in [0, 0.1) is 0 Å². The van der Waals surface area contributed by atoms with Crippen LogP contribution in [0.4, 0.5) is 0 Å². The molecular formula is C15H22N4O3S. The van der Waals surface area contributed by atoms with Gasteiger partial charge in [-0.05, 0) is 38.6 Å². The highest BCUT2D eigenvalue weighted by molar-refractivity contribution is 7.89. The molecule has 2 unspecified atom stereocenters. The van der Waals surface area contributed by atoms with E-state index >= 15 is 0 Å². The Hall–Kier alpha value is -1.77. The van der Waals surface area contributed by atoms with Crippen LogP contribution in [0.3, 0.4) is 0 Å². The van der Waals surface area contributed by atoms with Gasteiger partial charge in [-0.1, -0.05) is 19.1 Å². The van der Waals surface area contributed by atoms with Gasteiger partial charge in [0.1, 0.15) is 0 Å². The van der Waals surface area contributed by atoms with E-state index < -0.39 is 10.0 Å². The van der Waals surface area contributed by atoms with Gasteiger partial charge in [0.05, 0.1) is 10.9 Å². The molecule has 0 bridgehead atoms. The maximum Gasteiger partial charge on any atom is 0.240 e. The first-order valence-electron chi connectivity index (χ1n) is 7.49. The Balaban J connectivity index is 2.07. The SMILES string of the molecule is CCc1nnc(C(C)NC(C)c2ccc(S(=O)(=O)NC)cc2)o1. The van der Waals surface area contributed by atoms with E-state index in [2.05, 4.69) is 20.2 Å². The van der Waals surface area contributed by atoms with Gasteiger partial charge in [0.15, 0.2) is 0 Å². The minimum absolute atomic E-state index is 0.00770. The zero-order valence-corrected chi connectivity index (χ0v) is 14.5. The van der Waals surface area contributed by atoms with E-state index in [-0.39, 0.29) is 17.0 Å². The summed E-state index contributed by atoms with van der Waals surface area (Å²) in [4.78, 5) is 0.244. The van der Waals surface area contributed by atoms with Crippen LogP contribution in [0.1, 0.15) is 50.2 Å². The summed E-state index contributed by atoms with van der Waals surface area (Å²) in [5.41, 5.74) is 0.974. The van der Waals surface area contributed by atoms with Crippen LogP contribution in [0.25, 0.3) is 0 Å². The van der Waals surface area contributed by atoms with Crippen LogP contribution in [-0.4, -0.2) is 25.7 Å². The maximum atomic E-state index is 11.7. The van der Waals surface area contributed by atoms with Crippen LogP contribution >= 0.6 is 0 Å². The Kier molecular flexibility index (Phi) is 5.51. The summed E-state index contributed by atoms with van der Waals surface area (Å²) in [5, 5.41) is 11.3. The van der Waals surface area contributed by atoms with Crippen molar-refractivity contribution >= 4 is 10.0 Å². The molecular weight excluding hydrogens is 316 g/mol. The number of hydrogen-bond donors (Lipinski definition) is 2. The molecule has 0 amide bonds. The average Bonchev–Trinajstić information content (AvgIpc) is 3.04. The van der Waals surface area contributed by atoms with Gasteiger partial charge in [-0.25, -0.2) is 13.1 Å². The number of sulfonamides is 1. The second kappa shape index (κ2) is 7.20. The Labute approximate surface area is 136 Å². The molecule has 7 nitrogen and oxygen atoms in total. The molecule has 0 aliphatic heterocycles. The number of benzene rings is 1. The summed E-state index contributed by atoms with van der Waals surface area (Å²) in [6.07, 6.45) is 0.705. The quantitative estimate of drug-likeness (QED) is 0.801. The first-order valence-corrected chi connectivity index (χ1v) is 8.97. The van der Waals surface area contributed by atoms with Crippen LogP contribution in [-0.2, 0) is 16.4 Å². The number of hydrogen-bond acceptors (Lipinski definition) is 6. The predicted octanol–water partition coefficient (Wildman–Crippen LogP) is 1.95. The van der Waals surface area contributed by atoms with Gasteiger partial charge < -0.3 is 4.42 Å². The fourth-order valence-electron chi connectivity index (χ4n) is 2.18. The van der Waals surface area contributed by atoms with Gasteiger partial charge >= 0.3 is 0 Å². The molecule has 1 aromatic carbocycles. The monoisotopic (exact) mass is 338 g/mol. The van der Waals surface area contributed by atoms with E-state index in [4.69, 9.17) is 4.42 Å². The van der Waals surface area contributed by atoms with E-state index in [1.165, 1.54) is 7.05 Å². The van der Waals surface area contributed by atoms with Gasteiger partial charge in [-0.2, -0.15) is 0 Å². The molecule has 0 radical (unpaired) electrons. The molecule has 1 aromatic heterocycles. The largest absolute Gasteiger partial charge is 0.424 e. The maximum absolute atomic E-state index is 11.7. The molecule has 23 heavy (non-hydrogen) atoms. The molecule has 0 aliphatic rings. The molecule has 2 atom stereocenters. The van der Waals surface area contributed by atoms with Crippen LogP contribution in [0.5, 0.6) is 0 Å². The lowest BCUT2D eigenvalue weighted by Gasteiger charge is -2.18. The third-order valence-electron chi connectivity index (χ3n) is 3.61. The normalized spacial score (nSPS) is 14.6. The van der Waals surface area contributed by atoms with E-state index in [1.807, 2.05) is 20.8 Å². The van der Waals surface area contributed by atoms with Crippen molar-refractivity contribution < 1.29 is 12.8 Å². The van der Waals surface area contributed by atoms with Gasteiger partial charge in [-0.15, -0.1) is 10.2 Å². The molecule has 0 saturated heterocycles. The number of rotatable bonds is 7. The highest BCUT2D eigenvalue weighted by Gasteiger charge is 2.17. The zero-order valence-electron chi connectivity index (χ0n) is 13.7. The molecule has 2 aromatic rings. The van der Waals surface area contributed by atoms with Crippen LogP contribution < -0.4 is 10.0 Å². The summed E-state index contributed by atoms with van der Waals surface area (Å²) in [7, 11) is -2.02. The first-order chi connectivity index (χ1) is 10.9. The second-order valence-electron chi connectivity index (χ2n) is 5.27. The summed E-state index contributed by atoms with van der Waals surface area (Å²) in [6.45, 7) is 5.90. The standard InChI is InChI=1S/C15H22N4O3S/c1-5-14-18-19-15(22-14)11(3)17-10(2)12-6-8-13(9-7-12)23(20,21)16-4/h6-11,16-17H,5H2,1-4H3. The lowest BCUT2D eigenvalue weighted by atomic mass is 10.1. The van der Waals surface area contributed by atoms with Crippen molar-refractivity contribution in [2.24, 2.45) is 0 Å². The van der Waals surface area contributed by atoms with Crippen molar-refractivity contribution in [1.29, 1.82) is 0 Å². The van der Waals surface area contributed by atoms with E-state index in [1.54, 1.807) is 24.3 Å². The number of nitrogens with zero attached hydrogens (tertiary/aromatic N) is 2. The van der Waals surface area contributed by atoms with Crippen LogP contribution in [0.2, 0.25) is 0 Å². The molecule has 126 valence electrons. The Morgan fingerprint density at radius 3 is 2.30 bits per heavy atom. The highest BCUT2D eigenvalue weighted by Crippen LogP contribution is 2.20. The van der Waals surface area contributed by atoms with Gasteiger partial charge in [0.2, 0.25) is 21.8 Å². The number of aromatic nitrogens is 2. The van der Waals surface area contributed by atoms with E-state index in [0.717, 1.165) is 5.56 Å². The van der Waals surface area contributed by atoms with Crippen molar-refractivity contribution in [1.82, 2.24) is 20.2 Å². The minimum Gasteiger partial charge on any atom is -0.424 e. The van der Waals surface area contributed by atoms with Crippen molar-refractivity contribution in [3.05, 3.63) is 41.6 Å². The Bertz CT molecular complexity index is 740. The Morgan fingerprint density at radius 2 is 1.78 bits per heavy atom. The van der Waals surface area contributed by atoms with Crippen molar-refractivity contribution in [3.8, 4) is 0 Å². The molecule has 0 spiro atoms. The van der Waals surface area contributed by atoms with Crippen molar-refractivity contribution in [2.45, 2.75) is 44.2 Å². The van der Waals surface area contributed by atoms with Gasteiger partial charge in [0, 0.05) is 12.5 Å². The topological polar surface area (TPSA) is 97.1 Å². The van der Waals surface area contributed by atoms with E-state index in [0.29, 0.717) is 18.2 Å². The number of nitrogens with one attached hydrogen (secondary N) is 2. The lowest BCUT2D eigenvalue weighted by molar-refractivity contribution is 0.374. The Morgan fingerprint density at radius 1 is 1.13 bits per heavy atom. The first kappa shape index (κ1) is 17.6. The smallest absolute Gasteiger partial charge is 0.240 e. The molecule has 1 heterocycles. The lowest BCUT2D eigenvalue weighted by Crippen LogP contribution is -2.23. The molecule has 0 fully saturated rings. The van der Waals surface area contributed by atoms with Gasteiger partial charge in [0.25, 0.3) is 0 Å². The predicted molar refractivity (Wildman–Crippen MR) is 86.3 cm³/mol. The summed E-state index contributed by atoms with van der Waals surface area (Å²) < 4.78 is 31.3. The van der Waals surface area contributed by atoms with Gasteiger partial charge in [-0.3, -0.25) is 5.32 Å². The fraction of sp³-hybridized carbons (Fsp3) is 0.467. The summed E-state index contributed by atoms with van der Waals surface area (Å²) in [5.74, 6) is 1.16. The molecule has 2 rings (SSSR count). The minimum atomic E-state index is -3.41. The number of aryl methyl sites for hydroxylation is 1. The van der Waals surface area contributed by atoms with Crippen molar-refractivity contribution in [3.63, 3.8) is 0 Å². The fourth-order valence-corrected chi connectivity index (χ4v) is 2.91. The highest BCUT2D eigenvalue weighted by atomic mass is 32.2. The zero-order chi connectivity index (χ0) is 17.0. The molecule has 8 heteroatoms. The molecule has 0 aliphatic carbocycles. The third-order valence-corrected chi connectivity index (χ3v) is 5.04. The molecule has 2 N–H and O–H groups in total. The van der Waals surface area contributed by atoms with Crippen molar-refractivity contribution in [2.75, 3.05) is 7.05 Å². The molecule has 0 saturated carbocycles. The second-order valence-corrected chi connectivity index (χ2v) is 7.16. The summed E-state index contributed by atoms with van der Waals surface area (Å²) in [6, 6.07) is 6.67. The average molecular weight is 338 g/mol.